The van der Waals surface area contributed by atoms with E-state index >= 15 is 0 Å². The smallest absolute Gasteiger partial charge is 0.385 e. The summed E-state index contributed by atoms with van der Waals surface area (Å²) in [5.41, 5.74) is -0.0452. The Morgan fingerprint density at radius 1 is 0.905 bits per heavy atom. The maximum Gasteiger partial charge on any atom is 0.416 e. The summed E-state index contributed by atoms with van der Waals surface area (Å²) in [6.07, 6.45) is 5.56. The highest BCUT2D eigenvalue weighted by atomic mass is 19.4. The van der Waals surface area contributed by atoms with Gasteiger partial charge in [0.15, 0.2) is 0 Å². The van der Waals surface area contributed by atoms with Crippen molar-refractivity contribution in [3.05, 3.63) is 29.8 Å². The number of hydrogen-bond acceptors (Lipinski definition) is 1. The molecule has 1 aromatic rings. The first-order valence-corrected chi connectivity index (χ1v) is 7.95. The van der Waals surface area contributed by atoms with E-state index in [1.807, 2.05) is 0 Å². The summed E-state index contributed by atoms with van der Waals surface area (Å²) >= 11 is 0. The first kappa shape index (κ1) is 17.9. The Morgan fingerprint density at radius 3 is 2.14 bits per heavy atom. The van der Waals surface area contributed by atoms with Gasteiger partial charge in [0.1, 0.15) is 0 Å². The van der Waals surface area contributed by atoms with Gasteiger partial charge in [-0.1, -0.05) is 57.9 Å². The summed E-state index contributed by atoms with van der Waals surface area (Å²) in [7, 11) is 0. The van der Waals surface area contributed by atoms with Crippen LogP contribution in [0.5, 0.6) is 0 Å². The molecule has 120 valence electrons. The molecule has 1 aromatic carbocycles. The second kappa shape index (κ2) is 9.69. The standard InChI is InChI=1S/C17H26F3N/c1-2-3-4-5-6-7-8-9-13-21-16-12-10-11-15(14-16)17(18,19)20/h10-12,14,21H,2-9,13H2,1H3. The van der Waals surface area contributed by atoms with Crippen molar-refractivity contribution in [2.45, 2.75) is 64.5 Å². The summed E-state index contributed by atoms with van der Waals surface area (Å²) in [5.74, 6) is 0. The number of halogens is 3. The summed E-state index contributed by atoms with van der Waals surface area (Å²) in [5, 5.41) is 3.07. The molecule has 0 aromatic heterocycles. The van der Waals surface area contributed by atoms with Crippen LogP contribution in [0.3, 0.4) is 0 Å². The summed E-state index contributed by atoms with van der Waals surface area (Å²) in [4.78, 5) is 0. The van der Waals surface area contributed by atoms with Crippen LogP contribution in [-0.2, 0) is 6.18 Å². The molecule has 0 unspecified atom stereocenters. The molecule has 0 fully saturated rings. The molecular weight excluding hydrogens is 275 g/mol. The fourth-order valence-electron chi connectivity index (χ4n) is 2.30. The molecule has 1 nitrogen and oxygen atoms in total. The van der Waals surface area contributed by atoms with Crippen LogP contribution in [0.1, 0.15) is 63.9 Å². The van der Waals surface area contributed by atoms with E-state index in [1.54, 1.807) is 6.07 Å². The molecule has 1 rings (SSSR count). The van der Waals surface area contributed by atoms with Crippen LogP contribution in [-0.4, -0.2) is 6.54 Å². The van der Waals surface area contributed by atoms with Gasteiger partial charge < -0.3 is 5.32 Å². The molecule has 0 amide bonds. The first-order chi connectivity index (χ1) is 10.0. The van der Waals surface area contributed by atoms with Crippen LogP contribution in [0.4, 0.5) is 18.9 Å². The quantitative estimate of drug-likeness (QED) is 0.503. The number of nitrogens with one attached hydrogen (secondary N) is 1. The molecule has 0 radical (unpaired) electrons. The molecular formula is C17H26F3N. The summed E-state index contributed by atoms with van der Waals surface area (Å²) in [6, 6.07) is 5.39. The van der Waals surface area contributed by atoms with Gasteiger partial charge in [-0.05, 0) is 24.6 Å². The molecule has 0 aliphatic rings. The SMILES string of the molecule is CCCCCCCCCCNc1cccc(C(F)(F)F)c1. The number of benzene rings is 1. The third-order valence-electron chi connectivity index (χ3n) is 3.55. The second-order valence-electron chi connectivity index (χ2n) is 5.48. The minimum Gasteiger partial charge on any atom is -0.385 e. The van der Waals surface area contributed by atoms with E-state index in [1.165, 1.54) is 50.7 Å². The van der Waals surface area contributed by atoms with Gasteiger partial charge in [0.2, 0.25) is 0 Å². The van der Waals surface area contributed by atoms with Crippen molar-refractivity contribution >= 4 is 5.69 Å². The van der Waals surface area contributed by atoms with Crippen molar-refractivity contribution in [3.63, 3.8) is 0 Å². The van der Waals surface area contributed by atoms with Crippen LogP contribution >= 0.6 is 0 Å². The fourth-order valence-corrected chi connectivity index (χ4v) is 2.30. The van der Waals surface area contributed by atoms with Gasteiger partial charge in [0.05, 0.1) is 5.56 Å². The van der Waals surface area contributed by atoms with Crippen molar-refractivity contribution < 1.29 is 13.2 Å². The largest absolute Gasteiger partial charge is 0.416 e. The van der Waals surface area contributed by atoms with Crippen molar-refractivity contribution in [1.82, 2.24) is 0 Å². The summed E-state index contributed by atoms with van der Waals surface area (Å²) < 4.78 is 37.7. The maximum atomic E-state index is 12.6. The topological polar surface area (TPSA) is 12.0 Å². The molecule has 0 aliphatic carbocycles. The van der Waals surface area contributed by atoms with Gasteiger partial charge in [-0.15, -0.1) is 0 Å². The predicted octanol–water partition coefficient (Wildman–Crippen LogP) is 6.26. The minimum atomic E-state index is -4.27. The van der Waals surface area contributed by atoms with E-state index < -0.39 is 11.7 Å². The third-order valence-corrected chi connectivity index (χ3v) is 3.55. The van der Waals surface area contributed by atoms with Crippen molar-refractivity contribution in [2.75, 3.05) is 11.9 Å². The molecule has 0 atom stereocenters. The monoisotopic (exact) mass is 301 g/mol. The lowest BCUT2D eigenvalue weighted by molar-refractivity contribution is -0.137. The third kappa shape index (κ3) is 7.98. The molecule has 21 heavy (non-hydrogen) atoms. The average Bonchev–Trinajstić information content (AvgIpc) is 2.45. The van der Waals surface area contributed by atoms with E-state index in [4.69, 9.17) is 0 Å². The Balaban J connectivity index is 2.13. The zero-order valence-corrected chi connectivity index (χ0v) is 12.8. The van der Waals surface area contributed by atoms with Crippen LogP contribution < -0.4 is 5.32 Å². The molecule has 0 spiro atoms. The van der Waals surface area contributed by atoms with Crippen molar-refractivity contribution in [1.29, 1.82) is 0 Å². The highest BCUT2D eigenvalue weighted by Gasteiger charge is 2.30. The molecule has 0 bridgehead atoms. The maximum absolute atomic E-state index is 12.6. The number of alkyl halides is 3. The second-order valence-corrected chi connectivity index (χ2v) is 5.48. The Kier molecular flexibility index (Phi) is 8.24. The Morgan fingerprint density at radius 2 is 1.52 bits per heavy atom. The lowest BCUT2D eigenvalue weighted by Gasteiger charge is -2.10. The summed E-state index contributed by atoms with van der Waals surface area (Å²) in [6.45, 7) is 2.94. The predicted molar refractivity (Wildman–Crippen MR) is 82.5 cm³/mol. The zero-order chi connectivity index (χ0) is 15.6. The zero-order valence-electron chi connectivity index (χ0n) is 12.8. The van der Waals surface area contributed by atoms with Gasteiger partial charge in [0, 0.05) is 12.2 Å². The van der Waals surface area contributed by atoms with Crippen molar-refractivity contribution in [2.24, 2.45) is 0 Å². The molecule has 0 saturated carbocycles. The van der Waals surface area contributed by atoms with E-state index in [0.29, 0.717) is 5.69 Å². The van der Waals surface area contributed by atoms with Crippen LogP contribution in [0.15, 0.2) is 24.3 Å². The molecule has 1 N–H and O–H groups in total. The van der Waals surface area contributed by atoms with Gasteiger partial charge >= 0.3 is 6.18 Å². The molecule has 4 heteroatoms. The van der Waals surface area contributed by atoms with E-state index in [-0.39, 0.29) is 0 Å². The van der Waals surface area contributed by atoms with Gasteiger partial charge in [0.25, 0.3) is 0 Å². The molecule has 0 saturated heterocycles. The highest BCUT2D eigenvalue weighted by molar-refractivity contribution is 5.46. The van der Waals surface area contributed by atoms with E-state index in [0.717, 1.165) is 25.5 Å². The van der Waals surface area contributed by atoms with Gasteiger partial charge in [-0.2, -0.15) is 13.2 Å². The van der Waals surface area contributed by atoms with Crippen molar-refractivity contribution in [3.8, 4) is 0 Å². The molecule has 0 heterocycles. The lowest BCUT2D eigenvalue weighted by Crippen LogP contribution is -2.07. The highest BCUT2D eigenvalue weighted by Crippen LogP contribution is 2.30. The molecule has 0 aliphatic heterocycles. The van der Waals surface area contributed by atoms with Gasteiger partial charge in [-0.25, -0.2) is 0 Å². The number of unbranched alkanes of at least 4 members (excludes halogenated alkanes) is 7. The van der Waals surface area contributed by atoms with E-state index in [2.05, 4.69) is 12.2 Å². The fraction of sp³-hybridized carbons (Fsp3) is 0.647. The Hall–Kier alpha value is -1.19. The lowest BCUT2D eigenvalue weighted by atomic mass is 10.1. The first-order valence-electron chi connectivity index (χ1n) is 7.95. The average molecular weight is 301 g/mol. The van der Waals surface area contributed by atoms with E-state index in [9.17, 15) is 13.2 Å². The minimum absolute atomic E-state index is 0.549. The number of anilines is 1. The van der Waals surface area contributed by atoms with Gasteiger partial charge in [-0.3, -0.25) is 0 Å². The van der Waals surface area contributed by atoms with Crippen LogP contribution in [0, 0.1) is 0 Å². The van der Waals surface area contributed by atoms with Crippen LogP contribution in [0.2, 0.25) is 0 Å². The number of hydrogen-bond donors (Lipinski definition) is 1. The Bertz CT molecular complexity index is 388. The Labute approximate surface area is 125 Å². The number of rotatable bonds is 10. The van der Waals surface area contributed by atoms with Crippen LogP contribution in [0.25, 0.3) is 0 Å². The normalized spacial score (nSPS) is 11.6.